The predicted octanol–water partition coefficient (Wildman–Crippen LogP) is 5.34. The second-order valence-electron chi connectivity index (χ2n) is 7.51. The van der Waals surface area contributed by atoms with Crippen LogP contribution in [0.3, 0.4) is 0 Å². The van der Waals surface area contributed by atoms with Gasteiger partial charge in [0.15, 0.2) is 0 Å². The molecule has 0 saturated carbocycles. The fourth-order valence-electron chi connectivity index (χ4n) is 3.12. The van der Waals surface area contributed by atoms with E-state index in [-0.39, 0.29) is 42.7 Å². The third kappa shape index (κ3) is 6.77. The molecule has 0 bridgehead atoms. The van der Waals surface area contributed by atoms with E-state index < -0.39 is 10.0 Å². The fraction of sp³-hybridized carbons (Fsp3) is 0.208. The lowest BCUT2D eigenvalue weighted by Crippen LogP contribution is -2.35. The number of amides is 1. The van der Waals surface area contributed by atoms with Gasteiger partial charge in [-0.15, -0.1) is 0 Å². The molecular weight excluding hydrogens is 486 g/mol. The Hall–Kier alpha value is -2.45. The van der Waals surface area contributed by atoms with Crippen molar-refractivity contribution in [2.75, 3.05) is 6.54 Å². The van der Waals surface area contributed by atoms with Gasteiger partial charge < -0.3 is 5.32 Å². The molecule has 0 aliphatic carbocycles. The van der Waals surface area contributed by atoms with Gasteiger partial charge in [0, 0.05) is 41.7 Å². The molecule has 1 N–H and O–H groups in total. The third-order valence-corrected chi connectivity index (χ3v) is 7.61. The molecule has 3 aromatic rings. The van der Waals surface area contributed by atoms with E-state index in [1.54, 1.807) is 42.5 Å². The summed E-state index contributed by atoms with van der Waals surface area (Å²) in [6, 6.07) is 17.2. The zero-order valence-electron chi connectivity index (χ0n) is 17.9. The van der Waals surface area contributed by atoms with E-state index in [9.17, 15) is 17.6 Å². The van der Waals surface area contributed by atoms with Gasteiger partial charge in [0.05, 0.1) is 4.90 Å². The molecule has 0 unspecified atom stereocenters. The van der Waals surface area contributed by atoms with Gasteiger partial charge in [-0.3, -0.25) is 4.79 Å². The number of halogens is 3. The van der Waals surface area contributed by atoms with E-state index in [0.717, 1.165) is 11.1 Å². The Bertz CT molecular complexity index is 1200. The summed E-state index contributed by atoms with van der Waals surface area (Å²) in [7, 11) is -3.92. The molecule has 0 aromatic heterocycles. The number of benzene rings is 3. The summed E-state index contributed by atoms with van der Waals surface area (Å²) in [5.41, 5.74) is 2.12. The van der Waals surface area contributed by atoms with E-state index in [4.69, 9.17) is 23.2 Å². The molecule has 0 aliphatic heterocycles. The average molecular weight is 509 g/mol. The standard InChI is InChI=1S/C24H23Cl2FN2O3S/c1-17-5-11-20(12-6-17)33(31,32)29(16-21-22(25)3-2-4-23(21)26)14-13-24(30)28-15-18-7-9-19(27)10-8-18/h2-12H,13-16H2,1H3,(H,28,30). The molecule has 174 valence electrons. The monoisotopic (exact) mass is 508 g/mol. The highest BCUT2D eigenvalue weighted by molar-refractivity contribution is 7.89. The van der Waals surface area contributed by atoms with Crippen LogP contribution in [-0.2, 0) is 27.9 Å². The van der Waals surface area contributed by atoms with Crippen LogP contribution < -0.4 is 5.32 Å². The highest BCUT2D eigenvalue weighted by Gasteiger charge is 2.26. The second-order valence-corrected chi connectivity index (χ2v) is 10.3. The number of rotatable bonds is 9. The first-order valence-corrected chi connectivity index (χ1v) is 12.4. The highest BCUT2D eigenvalue weighted by Crippen LogP contribution is 2.28. The smallest absolute Gasteiger partial charge is 0.243 e. The van der Waals surface area contributed by atoms with Crippen molar-refractivity contribution in [2.24, 2.45) is 0 Å². The molecule has 1 amide bonds. The van der Waals surface area contributed by atoms with E-state index in [2.05, 4.69) is 5.32 Å². The largest absolute Gasteiger partial charge is 0.352 e. The van der Waals surface area contributed by atoms with Crippen LogP contribution in [0.4, 0.5) is 4.39 Å². The molecular formula is C24H23Cl2FN2O3S. The van der Waals surface area contributed by atoms with Gasteiger partial charge in [-0.25, -0.2) is 12.8 Å². The average Bonchev–Trinajstić information content (AvgIpc) is 2.78. The Morgan fingerprint density at radius 3 is 2.18 bits per heavy atom. The molecule has 33 heavy (non-hydrogen) atoms. The maximum Gasteiger partial charge on any atom is 0.243 e. The minimum Gasteiger partial charge on any atom is -0.352 e. The van der Waals surface area contributed by atoms with Gasteiger partial charge in [0.1, 0.15) is 5.82 Å². The van der Waals surface area contributed by atoms with Gasteiger partial charge in [0.25, 0.3) is 0 Å². The number of hydrogen-bond acceptors (Lipinski definition) is 3. The number of aryl methyl sites for hydroxylation is 1. The Kier molecular flexibility index (Phi) is 8.48. The summed E-state index contributed by atoms with van der Waals surface area (Å²) < 4.78 is 41.0. The molecule has 0 saturated heterocycles. The van der Waals surface area contributed by atoms with Gasteiger partial charge in [-0.2, -0.15) is 4.31 Å². The van der Waals surface area contributed by atoms with Crippen molar-refractivity contribution in [3.05, 3.63) is 99.3 Å². The zero-order chi connectivity index (χ0) is 24.0. The lowest BCUT2D eigenvalue weighted by Gasteiger charge is -2.23. The summed E-state index contributed by atoms with van der Waals surface area (Å²) in [5, 5.41) is 3.40. The van der Waals surface area contributed by atoms with Crippen LogP contribution in [0.15, 0.2) is 71.6 Å². The molecule has 3 aromatic carbocycles. The molecule has 0 aliphatic rings. The number of nitrogens with one attached hydrogen (secondary N) is 1. The number of hydrogen-bond donors (Lipinski definition) is 1. The Morgan fingerprint density at radius 1 is 0.970 bits per heavy atom. The van der Waals surface area contributed by atoms with Crippen molar-refractivity contribution >= 4 is 39.1 Å². The predicted molar refractivity (Wildman–Crippen MR) is 128 cm³/mol. The minimum absolute atomic E-state index is 0.0750. The number of sulfonamides is 1. The van der Waals surface area contributed by atoms with Crippen LogP contribution in [-0.4, -0.2) is 25.2 Å². The first kappa shape index (κ1) is 25.2. The second kappa shape index (κ2) is 11.1. The summed E-state index contributed by atoms with van der Waals surface area (Å²) in [4.78, 5) is 12.5. The first-order valence-electron chi connectivity index (χ1n) is 10.2. The molecule has 0 spiro atoms. The van der Waals surface area contributed by atoms with Crippen molar-refractivity contribution in [3.63, 3.8) is 0 Å². The molecule has 9 heteroatoms. The van der Waals surface area contributed by atoms with E-state index >= 15 is 0 Å². The summed E-state index contributed by atoms with van der Waals surface area (Å²) in [6.07, 6.45) is -0.0750. The van der Waals surface area contributed by atoms with Gasteiger partial charge in [0.2, 0.25) is 15.9 Å². The number of carbonyl (C=O) groups is 1. The van der Waals surface area contributed by atoms with E-state index in [1.807, 2.05) is 6.92 Å². The normalized spacial score (nSPS) is 11.5. The highest BCUT2D eigenvalue weighted by atomic mass is 35.5. The first-order chi connectivity index (χ1) is 15.7. The van der Waals surface area contributed by atoms with Crippen LogP contribution in [0.2, 0.25) is 10.0 Å². The van der Waals surface area contributed by atoms with Crippen LogP contribution in [0.1, 0.15) is 23.1 Å². The Balaban J connectivity index is 1.77. The summed E-state index contributed by atoms with van der Waals surface area (Å²) in [5.74, 6) is -0.700. The number of carbonyl (C=O) groups excluding carboxylic acids is 1. The molecule has 0 atom stereocenters. The van der Waals surface area contributed by atoms with Crippen molar-refractivity contribution in [1.29, 1.82) is 0 Å². The lowest BCUT2D eigenvalue weighted by molar-refractivity contribution is -0.121. The van der Waals surface area contributed by atoms with E-state index in [0.29, 0.717) is 15.6 Å². The Labute approximate surface area is 203 Å². The van der Waals surface area contributed by atoms with Gasteiger partial charge in [-0.1, -0.05) is 59.1 Å². The Morgan fingerprint density at radius 2 is 1.58 bits per heavy atom. The number of nitrogens with zero attached hydrogens (tertiary/aromatic N) is 1. The van der Waals surface area contributed by atoms with Crippen LogP contribution in [0, 0.1) is 12.7 Å². The third-order valence-electron chi connectivity index (χ3n) is 5.05. The fourth-order valence-corrected chi connectivity index (χ4v) is 5.05. The van der Waals surface area contributed by atoms with Crippen LogP contribution >= 0.6 is 23.2 Å². The molecule has 5 nitrogen and oxygen atoms in total. The van der Waals surface area contributed by atoms with Gasteiger partial charge >= 0.3 is 0 Å². The van der Waals surface area contributed by atoms with Crippen LogP contribution in [0.5, 0.6) is 0 Å². The maximum absolute atomic E-state index is 13.4. The SMILES string of the molecule is Cc1ccc(S(=O)(=O)N(CCC(=O)NCc2ccc(F)cc2)Cc2c(Cl)cccc2Cl)cc1. The quantitative estimate of drug-likeness (QED) is 0.424. The van der Waals surface area contributed by atoms with Crippen LogP contribution in [0.25, 0.3) is 0 Å². The molecule has 0 fully saturated rings. The lowest BCUT2D eigenvalue weighted by atomic mass is 10.2. The molecule has 0 heterocycles. The molecule has 3 rings (SSSR count). The minimum atomic E-state index is -3.92. The van der Waals surface area contributed by atoms with Crippen molar-refractivity contribution in [1.82, 2.24) is 9.62 Å². The zero-order valence-corrected chi connectivity index (χ0v) is 20.2. The van der Waals surface area contributed by atoms with Gasteiger partial charge in [-0.05, 0) is 48.9 Å². The summed E-state index contributed by atoms with van der Waals surface area (Å²) >= 11 is 12.5. The topological polar surface area (TPSA) is 66.5 Å². The van der Waals surface area contributed by atoms with Crippen molar-refractivity contribution < 1.29 is 17.6 Å². The van der Waals surface area contributed by atoms with Crippen molar-refractivity contribution in [2.45, 2.75) is 31.3 Å². The molecule has 0 radical (unpaired) electrons. The maximum atomic E-state index is 13.4. The van der Waals surface area contributed by atoms with Crippen molar-refractivity contribution in [3.8, 4) is 0 Å². The van der Waals surface area contributed by atoms with E-state index in [1.165, 1.54) is 28.6 Å². The summed E-state index contributed by atoms with van der Waals surface area (Å²) in [6.45, 7) is 1.91.